The van der Waals surface area contributed by atoms with Gasteiger partial charge in [-0.05, 0) is 11.1 Å². The van der Waals surface area contributed by atoms with Gasteiger partial charge in [0.05, 0.1) is 13.2 Å². The molecule has 0 saturated heterocycles. The van der Waals surface area contributed by atoms with Crippen LogP contribution in [0.2, 0.25) is 0 Å². The van der Waals surface area contributed by atoms with Crippen LogP contribution in [0.5, 0.6) is 0 Å². The van der Waals surface area contributed by atoms with Crippen molar-refractivity contribution in [2.24, 2.45) is 0 Å². The van der Waals surface area contributed by atoms with Crippen molar-refractivity contribution in [3.63, 3.8) is 0 Å². The molecule has 4 nitrogen and oxygen atoms in total. The third kappa shape index (κ3) is 4.18. The molecule has 0 aliphatic heterocycles. The third-order valence-electron chi connectivity index (χ3n) is 3.37. The van der Waals surface area contributed by atoms with E-state index in [9.17, 15) is 10.1 Å². The second-order valence-electron chi connectivity index (χ2n) is 4.93. The molecule has 0 aliphatic carbocycles. The number of rotatable bonds is 6. The second-order valence-corrected chi connectivity index (χ2v) is 4.93. The fourth-order valence-electron chi connectivity index (χ4n) is 2.27. The molecule has 112 valence electrons. The molecular formula is C18H18N2O2. The highest BCUT2D eigenvalue weighted by Crippen LogP contribution is 2.14. The van der Waals surface area contributed by atoms with Gasteiger partial charge in [0.2, 0.25) is 0 Å². The average Bonchev–Trinajstić information content (AvgIpc) is 2.57. The van der Waals surface area contributed by atoms with Crippen LogP contribution in [-0.2, 0) is 22.6 Å². The van der Waals surface area contributed by atoms with E-state index in [2.05, 4.69) is 0 Å². The van der Waals surface area contributed by atoms with Gasteiger partial charge in [-0.15, -0.1) is 0 Å². The van der Waals surface area contributed by atoms with Crippen LogP contribution in [0.1, 0.15) is 11.1 Å². The maximum Gasteiger partial charge on any atom is 0.337 e. The Hall–Kier alpha value is -2.64. The maximum atomic E-state index is 11.9. The number of methoxy groups -OCH3 is 1. The molecule has 1 unspecified atom stereocenters. The quantitative estimate of drug-likeness (QED) is 0.769. The lowest BCUT2D eigenvalue weighted by atomic mass is 10.1. The molecule has 2 aromatic carbocycles. The molecule has 0 spiro atoms. The fourth-order valence-corrected chi connectivity index (χ4v) is 2.27. The van der Waals surface area contributed by atoms with Crippen molar-refractivity contribution in [1.29, 1.82) is 5.26 Å². The molecule has 0 radical (unpaired) electrons. The lowest BCUT2D eigenvalue weighted by Crippen LogP contribution is -2.40. The molecule has 0 fully saturated rings. The molecule has 0 amide bonds. The zero-order chi connectivity index (χ0) is 15.8. The van der Waals surface area contributed by atoms with Gasteiger partial charge >= 0.3 is 5.97 Å². The van der Waals surface area contributed by atoms with Crippen molar-refractivity contribution >= 4 is 5.97 Å². The third-order valence-corrected chi connectivity index (χ3v) is 3.37. The van der Waals surface area contributed by atoms with Gasteiger partial charge in [0, 0.05) is 13.1 Å². The van der Waals surface area contributed by atoms with E-state index >= 15 is 0 Å². The van der Waals surface area contributed by atoms with E-state index < -0.39 is 12.0 Å². The molecule has 2 rings (SSSR count). The van der Waals surface area contributed by atoms with Crippen LogP contribution in [0.25, 0.3) is 0 Å². The Balaban J connectivity index is 2.23. The Morgan fingerprint density at radius 2 is 1.50 bits per heavy atom. The normalized spacial score (nSPS) is 11.7. The van der Waals surface area contributed by atoms with Gasteiger partial charge in [0.1, 0.15) is 0 Å². The SMILES string of the molecule is COC(=O)C(C#N)N(Cc1ccccc1)Cc1ccccc1. The van der Waals surface area contributed by atoms with E-state index in [1.807, 2.05) is 71.6 Å². The fraction of sp³-hybridized carbons (Fsp3) is 0.222. The summed E-state index contributed by atoms with van der Waals surface area (Å²) in [6.45, 7) is 1.01. The summed E-state index contributed by atoms with van der Waals surface area (Å²) in [5.74, 6) is -0.533. The summed E-state index contributed by atoms with van der Waals surface area (Å²) in [5, 5.41) is 9.36. The predicted octanol–water partition coefficient (Wildman–Crippen LogP) is 2.75. The number of nitriles is 1. The number of hydrogen-bond donors (Lipinski definition) is 0. The summed E-state index contributed by atoms with van der Waals surface area (Å²) in [6, 6.07) is 20.7. The highest BCUT2D eigenvalue weighted by atomic mass is 16.5. The van der Waals surface area contributed by atoms with Gasteiger partial charge in [-0.3, -0.25) is 4.90 Å². The molecular weight excluding hydrogens is 276 g/mol. The average molecular weight is 294 g/mol. The van der Waals surface area contributed by atoms with Crippen LogP contribution in [0, 0.1) is 11.3 Å². The van der Waals surface area contributed by atoms with Gasteiger partial charge in [0.25, 0.3) is 0 Å². The van der Waals surface area contributed by atoms with Crippen molar-refractivity contribution in [3.05, 3.63) is 71.8 Å². The molecule has 1 atom stereocenters. The van der Waals surface area contributed by atoms with Crippen LogP contribution in [0.3, 0.4) is 0 Å². The van der Waals surface area contributed by atoms with Gasteiger partial charge < -0.3 is 4.74 Å². The first-order valence-corrected chi connectivity index (χ1v) is 7.04. The molecule has 0 bridgehead atoms. The smallest absolute Gasteiger partial charge is 0.337 e. The molecule has 2 aromatic rings. The van der Waals surface area contributed by atoms with Crippen molar-refractivity contribution in [2.75, 3.05) is 7.11 Å². The zero-order valence-electron chi connectivity index (χ0n) is 12.5. The maximum absolute atomic E-state index is 11.9. The van der Waals surface area contributed by atoms with Crippen LogP contribution in [0.15, 0.2) is 60.7 Å². The van der Waals surface area contributed by atoms with E-state index in [1.54, 1.807) is 0 Å². The van der Waals surface area contributed by atoms with Crippen molar-refractivity contribution in [3.8, 4) is 6.07 Å². The number of carbonyl (C=O) groups excluding carboxylic acids is 1. The van der Waals surface area contributed by atoms with E-state index in [1.165, 1.54) is 7.11 Å². The molecule has 4 heteroatoms. The molecule has 0 N–H and O–H groups in total. The van der Waals surface area contributed by atoms with Crippen molar-refractivity contribution in [1.82, 2.24) is 4.90 Å². The Bertz CT molecular complexity index is 594. The predicted molar refractivity (Wildman–Crippen MR) is 83.5 cm³/mol. The zero-order valence-corrected chi connectivity index (χ0v) is 12.5. The van der Waals surface area contributed by atoms with Gasteiger partial charge in [-0.2, -0.15) is 5.26 Å². The Morgan fingerprint density at radius 3 is 1.86 bits per heavy atom. The molecule has 0 saturated carbocycles. The minimum atomic E-state index is -0.926. The summed E-state index contributed by atoms with van der Waals surface area (Å²) in [6.07, 6.45) is 0. The van der Waals surface area contributed by atoms with E-state index in [-0.39, 0.29) is 0 Å². The Morgan fingerprint density at radius 1 is 1.05 bits per heavy atom. The highest BCUT2D eigenvalue weighted by molar-refractivity contribution is 5.78. The minimum Gasteiger partial charge on any atom is -0.467 e. The van der Waals surface area contributed by atoms with Crippen LogP contribution in [-0.4, -0.2) is 24.0 Å². The van der Waals surface area contributed by atoms with Crippen LogP contribution >= 0.6 is 0 Å². The second kappa shape index (κ2) is 7.96. The largest absolute Gasteiger partial charge is 0.467 e. The molecule has 22 heavy (non-hydrogen) atoms. The Labute approximate surface area is 130 Å². The number of esters is 1. The van der Waals surface area contributed by atoms with Crippen LogP contribution < -0.4 is 0 Å². The first-order chi connectivity index (χ1) is 10.7. The Kier molecular flexibility index (Phi) is 5.70. The number of hydrogen-bond acceptors (Lipinski definition) is 4. The summed E-state index contributed by atoms with van der Waals surface area (Å²) in [5.41, 5.74) is 2.09. The monoisotopic (exact) mass is 294 g/mol. The number of carbonyl (C=O) groups is 1. The summed E-state index contributed by atoms with van der Waals surface area (Å²) in [7, 11) is 1.30. The van der Waals surface area contributed by atoms with Gasteiger partial charge in [0.15, 0.2) is 6.04 Å². The summed E-state index contributed by atoms with van der Waals surface area (Å²) in [4.78, 5) is 13.7. The van der Waals surface area contributed by atoms with Crippen LogP contribution in [0.4, 0.5) is 0 Å². The topological polar surface area (TPSA) is 53.3 Å². The van der Waals surface area contributed by atoms with Crippen molar-refractivity contribution < 1.29 is 9.53 Å². The molecule has 0 aromatic heterocycles. The summed E-state index contributed by atoms with van der Waals surface area (Å²) >= 11 is 0. The molecule has 0 aliphatic rings. The first-order valence-electron chi connectivity index (χ1n) is 7.04. The van der Waals surface area contributed by atoms with E-state index in [4.69, 9.17) is 4.74 Å². The number of benzene rings is 2. The number of ether oxygens (including phenoxy) is 1. The lowest BCUT2D eigenvalue weighted by Gasteiger charge is -2.25. The molecule has 0 heterocycles. The number of nitrogens with zero attached hydrogens (tertiary/aromatic N) is 2. The summed E-state index contributed by atoms with van der Waals surface area (Å²) < 4.78 is 4.76. The standard InChI is InChI=1S/C18H18N2O2/c1-22-18(21)17(12-19)20(13-15-8-4-2-5-9-15)14-16-10-6-3-7-11-16/h2-11,17H,13-14H2,1H3. The van der Waals surface area contributed by atoms with Crippen molar-refractivity contribution in [2.45, 2.75) is 19.1 Å². The minimum absolute atomic E-state index is 0.503. The van der Waals surface area contributed by atoms with Gasteiger partial charge in [-0.25, -0.2) is 4.79 Å². The first kappa shape index (κ1) is 15.7. The van der Waals surface area contributed by atoms with Gasteiger partial charge in [-0.1, -0.05) is 60.7 Å². The van der Waals surface area contributed by atoms with E-state index in [0.717, 1.165) is 11.1 Å². The lowest BCUT2D eigenvalue weighted by molar-refractivity contribution is -0.145. The van der Waals surface area contributed by atoms with E-state index in [0.29, 0.717) is 13.1 Å². The highest BCUT2D eigenvalue weighted by Gasteiger charge is 2.26.